The Labute approximate surface area is 132 Å². The van der Waals surface area contributed by atoms with Gasteiger partial charge in [-0.15, -0.1) is 11.3 Å². The van der Waals surface area contributed by atoms with E-state index in [1.54, 1.807) is 12.7 Å². The number of imidazole rings is 1. The molecule has 114 valence electrons. The summed E-state index contributed by atoms with van der Waals surface area (Å²) in [5.41, 5.74) is 1.68. The van der Waals surface area contributed by atoms with Gasteiger partial charge in [0.1, 0.15) is 11.8 Å². The highest BCUT2D eigenvalue weighted by atomic mass is 32.1. The summed E-state index contributed by atoms with van der Waals surface area (Å²) < 4.78 is 0. The average molecular weight is 314 g/mol. The molecule has 3 aromatic rings. The van der Waals surface area contributed by atoms with Crippen LogP contribution in [0.4, 0.5) is 5.82 Å². The Morgan fingerprint density at radius 1 is 1.14 bits per heavy atom. The Kier molecular flexibility index (Phi) is 3.74. The number of aromatic amines is 1. The van der Waals surface area contributed by atoms with Crippen molar-refractivity contribution in [2.24, 2.45) is 0 Å². The van der Waals surface area contributed by atoms with Gasteiger partial charge in [0, 0.05) is 37.6 Å². The molecule has 1 aliphatic rings. The lowest BCUT2D eigenvalue weighted by atomic mass is 10.3. The van der Waals surface area contributed by atoms with Crippen LogP contribution in [-0.4, -0.2) is 51.0 Å². The number of fused-ring (bicyclic) bond motifs is 1. The van der Waals surface area contributed by atoms with Crippen molar-refractivity contribution >= 4 is 28.3 Å². The molecule has 4 heterocycles. The van der Waals surface area contributed by atoms with Gasteiger partial charge in [-0.25, -0.2) is 15.0 Å². The van der Waals surface area contributed by atoms with Gasteiger partial charge in [-0.1, -0.05) is 6.07 Å². The number of hydrogen-bond donors (Lipinski definition) is 1. The van der Waals surface area contributed by atoms with Crippen LogP contribution in [0.25, 0.3) is 11.2 Å². The molecule has 0 atom stereocenters. The van der Waals surface area contributed by atoms with Crippen molar-refractivity contribution in [3.63, 3.8) is 0 Å². The Hall–Kier alpha value is -1.99. The van der Waals surface area contributed by atoms with Gasteiger partial charge < -0.3 is 9.88 Å². The summed E-state index contributed by atoms with van der Waals surface area (Å²) in [5, 5.41) is 2.15. The number of nitrogens with zero attached hydrogens (tertiary/aromatic N) is 5. The van der Waals surface area contributed by atoms with Crippen LogP contribution in [0.1, 0.15) is 11.3 Å². The monoisotopic (exact) mass is 314 g/mol. The summed E-state index contributed by atoms with van der Waals surface area (Å²) in [4.78, 5) is 22.4. The summed E-state index contributed by atoms with van der Waals surface area (Å²) in [7, 11) is 0. The second kappa shape index (κ2) is 6.02. The molecule has 22 heavy (non-hydrogen) atoms. The Bertz CT molecular complexity index is 737. The number of anilines is 1. The maximum atomic E-state index is 4.47. The summed E-state index contributed by atoms with van der Waals surface area (Å²) in [6, 6.07) is 4.34. The van der Waals surface area contributed by atoms with Crippen LogP contribution in [0.2, 0.25) is 0 Å². The summed E-state index contributed by atoms with van der Waals surface area (Å²) in [6.07, 6.45) is 4.43. The minimum absolute atomic E-state index is 0.740. The first-order chi connectivity index (χ1) is 10.9. The lowest BCUT2D eigenvalue weighted by Gasteiger charge is -2.22. The van der Waals surface area contributed by atoms with E-state index in [1.165, 1.54) is 4.88 Å². The van der Waals surface area contributed by atoms with E-state index in [4.69, 9.17) is 0 Å². The molecule has 7 heteroatoms. The highest BCUT2D eigenvalue weighted by Gasteiger charge is 2.19. The van der Waals surface area contributed by atoms with Crippen molar-refractivity contribution < 1.29 is 0 Å². The molecule has 1 saturated heterocycles. The van der Waals surface area contributed by atoms with Crippen molar-refractivity contribution in [2.75, 3.05) is 31.1 Å². The van der Waals surface area contributed by atoms with Crippen molar-refractivity contribution in [1.29, 1.82) is 0 Å². The minimum atomic E-state index is 0.740. The fourth-order valence-electron chi connectivity index (χ4n) is 2.96. The molecule has 1 N–H and O–H groups in total. The van der Waals surface area contributed by atoms with Crippen molar-refractivity contribution in [3.8, 4) is 0 Å². The molecule has 4 rings (SSSR count). The molecule has 0 spiro atoms. The van der Waals surface area contributed by atoms with Gasteiger partial charge in [-0.05, 0) is 17.9 Å². The summed E-state index contributed by atoms with van der Waals surface area (Å²) in [5.74, 6) is 0.973. The third-order valence-electron chi connectivity index (χ3n) is 4.05. The molecule has 0 bridgehead atoms. The normalized spacial score (nSPS) is 17.0. The minimum Gasteiger partial charge on any atom is -0.353 e. The van der Waals surface area contributed by atoms with Crippen LogP contribution in [0.5, 0.6) is 0 Å². The first kappa shape index (κ1) is 13.7. The molecule has 0 aromatic carbocycles. The second-order valence-electron chi connectivity index (χ2n) is 5.49. The predicted molar refractivity (Wildman–Crippen MR) is 88.1 cm³/mol. The number of H-pyrrole nitrogens is 1. The van der Waals surface area contributed by atoms with Crippen LogP contribution >= 0.6 is 11.3 Å². The smallest absolute Gasteiger partial charge is 0.182 e. The molecule has 3 aromatic heterocycles. The predicted octanol–water partition coefficient (Wildman–Crippen LogP) is 2.13. The van der Waals surface area contributed by atoms with Gasteiger partial charge in [-0.2, -0.15) is 0 Å². The van der Waals surface area contributed by atoms with Crippen molar-refractivity contribution in [2.45, 2.75) is 13.0 Å². The van der Waals surface area contributed by atoms with Gasteiger partial charge in [0.2, 0.25) is 0 Å². The number of thiophene rings is 1. The van der Waals surface area contributed by atoms with Gasteiger partial charge in [-0.3, -0.25) is 4.90 Å². The molecular formula is C15H18N6S. The Morgan fingerprint density at radius 3 is 3.05 bits per heavy atom. The standard InChI is InChI=1S/C15H18N6S/c1-3-12(22-8-1)9-20-4-2-5-21(7-6-20)15-13-14(17-10-16-13)18-11-19-15/h1,3,8,10-11H,2,4-7,9H2,(H,16,17,18,19). The topological polar surface area (TPSA) is 60.9 Å². The first-order valence-electron chi connectivity index (χ1n) is 7.54. The summed E-state index contributed by atoms with van der Waals surface area (Å²) in [6.45, 7) is 5.24. The average Bonchev–Trinajstić information content (AvgIpc) is 3.16. The maximum Gasteiger partial charge on any atom is 0.182 e. The molecule has 1 aliphatic heterocycles. The zero-order valence-electron chi connectivity index (χ0n) is 12.3. The van der Waals surface area contributed by atoms with Crippen molar-refractivity contribution in [1.82, 2.24) is 24.8 Å². The van der Waals surface area contributed by atoms with E-state index in [0.717, 1.165) is 56.1 Å². The van der Waals surface area contributed by atoms with E-state index in [9.17, 15) is 0 Å². The highest BCUT2D eigenvalue weighted by molar-refractivity contribution is 7.09. The third kappa shape index (κ3) is 2.69. The van der Waals surface area contributed by atoms with Gasteiger partial charge in [0.05, 0.1) is 6.33 Å². The maximum absolute atomic E-state index is 4.47. The van der Waals surface area contributed by atoms with Gasteiger partial charge >= 0.3 is 0 Å². The fourth-order valence-corrected chi connectivity index (χ4v) is 3.70. The molecule has 6 nitrogen and oxygen atoms in total. The zero-order chi connectivity index (χ0) is 14.8. The number of hydrogen-bond acceptors (Lipinski definition) is 6. The zero-order valence-corrected chi connectivity index (χ0v) is 13.1. The molecular weight excluding hydrogens is 296 g/mol. The Balaban J connectivity index is 1.49. The highest BCUT2D eigenvalue weighted by Crippen LogP contribution is 2.21. The SMILES string of the molecule is c1csc(CN2CCCN(c3ncnc4nc[nH]c34)CC2)c1. The van der Waals surface area contributed by atoms with Gasteiger partial charge in [0.15, 0.2) is 11.5 Å². The first-order valence-corrected chi connectivity index (χ1v) is 8.42. The van der Waals surface area contributed by atoms with E-state index in [-0.39, 0.29) is 0 Å². The van der Waals surface area contributed by atoms with Crippen LogP contribution in [-0.2, 0) is 6.54 Å². The van der Waals surface area contributed by atoms with E-state index in [2.05, 4.69) is 47.2 Å². The third-order valence-corrected chi connectivity index (χ3v) is 4.91. The van der Waals surface area contributed by atoms with E-state index >= 15 is 0 Å². The Morgan fingerprint density at radius 2 is 2.14 bits per heavy atom. The van der Waals surface area contributed by atoms with Crippen LogP contribution < -0.4 is 4.90 Å². The molecule has 0 radical (unpaired) electrons. The number of aromatic nitrogens is 4. The van der Waals surface area contributed by atoms with Crippen LogP contribution in [0.3, 0.4) is 0 Å². The lowest BCUT2D eigenvalue weighted by Crippen LogP contribution is -2.31. The fraction of sp³-hybridized carbons (Fsp3) is 0.400. The lowest BCUT2D eigenvalue weighted by molar-refractivity contribution is 0.288. The van der Waals surface area contributed by atoms with E-state index in [1.807, 2.05) is 11.3 Å². The molecule has 1 fully saturated rings. The van der Waals surface area contributed by atoms with Crippen molar-refractivity contribution in [3.05, 3.63) is 35.0 Å². The summed E-state index contributed by atoms with van der Waals surface area (Å²) >= 11 is 1.83. The van der Waals surface area contributed by atoms with Crippen LogP contribution in [0, 0.1) is 0 Å². The van der Waals surface area contributed by atoms with Crippen LogP contribution in [0.15, 0.2) is 30.2 Å². The van der Waals surface area contributed by atoms with E-state index in [0.29, 0.717) is 0 Å². The molecule has 0 saturated carbocycles. The molecule has 0 amide bonds. The molecule has 0 unspecified atom stereocenters. The molecule has 0 aliphatic carbocycles. The largest absolute Gasteiger partial charge is 0.353 e. The van der Waals surface area contributed by atoms with E-state index < -0.39 is 0 Å². The van der Waals surface area contributed by atoms with Gasteiger partial charge in [0.25, 0.3) is 0 Å². The number of rotatable bonds is 3. The second-order valence-corrected chi connectivity index (χ2v) is 6.53. The number of nitrogens with one attached hydrogen (secondary N) is 1. The quantitative estimate of drug-likeness (QED) is 0.802.